The molecule has 0 aliphatic rings. The molecular weight excluding hydrogens is 276 g/mol. The van der Waals surface area contributed by atoms with Crippen LogP contribution in [0.25, 0.3) is 11.0 Å². The number of aromatic nitrogens is 2. The van der Waals surface area contributed by atoms with Crippen LogP contribution < -0.4 is 0 Å². The Morgan fingerprint density at radius 1 is 1.55 bits per heavy atom. The number of hydrogen-bond acceptors (Lipinski definition) is 4. The predicted octanol–water partition coefficient (Wildman–Crippen LogP) is 2.73. The van der Waals surface area contributed by atoms with Crippen molar-refractivity contribution in [3.8, 4) is 0 Å². The quantitative estimate of drug-likeness (QED) is 0.830. The van der Waals surface area contributed by atoms with Crippen LogP contribution in [0.5, 0.6) is 0 Å². The first-order valence-corrected chi connectivity index (χ1v) is 7.34. The number of carboxylic acids is 1. The molecule has 20 heavy (non-hydrogen) atoms. The zero-order chi connectivity index (χ0) is 14.7. The lowest BCUT2D eigenvalue weighted by Crippen LogP contribution is -2.13. The second-order valence-corrected chi connectivity index (χ2v) is 5.64. The van der Waals surface area contributed by atoms with Crippen LogP contribution >= 0.6 is 11.8 Å². The van der Waals surface area contributed by atoms with Crippen molar-refractivity contribution in [2.45, 2.75) is 25.0 Å². The average molecular weight is 294 g/mol. The number of ether oxygens (including phenoxy) is 1. The molecule has 0 saturated carbocycles. The van der Waals surface area contributed by atoms with Crippen molar-refractivity contribution < 1.29 is 14.6 Å². The third-order valence-electron chi connectivity index (χ3n) is 3.05. The third kappa shape index (κ3) is 2.96. The molecule has 0 amide bonds. The Morgan fingerprint density at radius 3 is 2.95 bits per heavy atom. The molecule has 108 valence electrons. The highest BCUT2D eigenvalue weighted by Gasteiger charge is 2.18. The van der Waals surface area contributed by atoms with Gasteiger partial charge in [-0.3, -0.25) is 4.79 Å². The number of imidazole rings is 1. The topological polar surface area (TPSA) is 64.3 Å². The molecule has 0 aliphatic carbocycles. The van der Waals surface area contributed by atoms with Crippen molar-refractivity contribution in [3.05, 3.63) is 23.8 Å². The van der Waals surface area contributed by atoms with Crippen LogP contribution in [-0.2, 0) is 9.53 Å². The van der Waals surface area contributed by atoms with E-state index in [9.17, 15) is 4.79 Å². The van der Waals surface area contributed by atoms with E-state index >= 15 is 0 Å². The van der Waals surface area contributed by atoms with E-state index in [4.69, 9.17) is 9.84 Å². The van der Waals surface area contributed by atoms with E-state index in [1.54, 1.807) is 7.11 Å². The summed E-state index contributed by atoms with van der Waals surface area (Å²) >= 11 is 1.24. The number of thioether (sulfide) groups is 1. The molecule has 0 aliphatic heterocycles. The first-order valence-electron chi connectivity index (χ1n) is 6.35. The number of para-hydroxylation sites is 1. The van der Waals surface area contributed by atoms with Gasteiger partial charge in [0.1, 0.15) is 0 Å². The van der Waals surface area contributed by atoms with Crippen LogP contribution in [0.3, 0.4) is 0 Å². The zero-order valence-corrected chi connectivity index (χ0v) is 12.6. The van der Waals surface area contributed by atoms with Gasteiger partial charge in [0, 0.05) is 7.11 Å². The molecule has 2 rings (SSSR count). The number of aliphatic carboxylic acids is 1. The summed E-state index contributed by atoms with van der Waals surface area (Å²) in [5, 5.41) is 9.58. The summed E-state index contributed by atoms with van der Waals surface area (Å²) in [5.41, 5.74) is 3.06. The lowest BCUT2D eigenvalue weighted by molar-refractivity contribution is -0.133. The number of carboxylic acid groups (broad SMARTS) is 1. The molecule has 1 unspecified atom stereocenters. The summed E-state index contributed by atoms with van der Waals surface area (Å²) < 4.78 is 7.29. The van der Waals surface area contributed by atoms with Crippen LogP contribution in [0.15, 0.2) is 23.4 Å². The third-order valence-corrected chi connectivity index (χ3v) is 3.99. The minimum atomic E-state index is -0.843. The Morgan fingerprint density at radius 2 is 2.30 bits per heavy atom. The molecule has 0 radical (unpaired) electrons. The lowest BCUT2D eigenvalue weighted by Gasteiger charge is -2.17. The summed E-state index contributed by atoms with van der Waals surface area (Å²) in [6.07, 6.45) is 0. The Labute approximate surface area is 121 Å². The van der Waals surface area contributed by atoms with Crippen molar-refractivity contribution in [2.75, 3.05) is 19.5 Å². The Bertz CT molecular complexity index is 624. The van der Waals surface area contributed by atoms with Gasteiger partial charge in [-0.25, -0.2) is 4.98 Å². The number of rotatable bonds is 6. The van der Waals surface area contributed by atoms with E-state index in [1.165, 1.54) is 11.8 Å². The van der Waals surface area contributed by atoms with Gasteiger partial charge >= 0.3 is 5.97 Å². The van der Waals surface area contributed by atoms with Gasteiger partial charge in [0.05, 0.1) is 29.4 Å². The highest BCUT2D eigenvalue weighted by Crippen LogP contribution is 2.29. The minimum Gasteiger partial charge on any atom is -0.481 e. The molecule has 6 heteroatoms. The van der Waals surface area contributed by atoms with Crippen molar-refractivity contribution in [2.24, 2.45) is 0 Å². The first-order chi connectivity index (χ1) is 9.54. The predicted molar refractivity (Wildman–Crippen MR) is 79.4 cm³/mol. The average Bonchev–Trinajstić information content (AvgIpc) is 2.76. The van der Waals surface area contributed by atoms with E-state index in [0.717, 1.165) is 21.8 Å². The highest BCUT2D eigenvalue weighted by molar-refractivity contribution is 7.99. The molecule has 1 heterocycles. The number of hydrogen-bond donors (Lipinski definition) is 1. The van der Waals surface area contributed by atoms with E-state index in [0.29, 0.717) is 6.61 Å². The molecule has 5 nitrogen and oxygen atoms in total. The fourth-order valence-corrected chi connectivity index (χ4v) is 3.08. The number of aryl methyl sites for hydroxylation is 1. The molecule has 0 saturated heterocycles. The summed E-state index contributed by atoms with van der Waals surface area (Å²) in [4.78, 5) is 15.3. The van der Waals surface area contributed by atoms with Crippen LogP contribution in [-0.4, -0.2) is 40.1 Å². The van der Waals surface area contributed by atoms with Crippen molar-refractivity contribution in [1.82, 2.24) is 9.55 Å². The Kier molecular flexibility index (Phi) is 4.67. The molecule has 1 N–H and O–H groups in total. The molecule has 1 atom stereocenters. The maximum Gasteiger partial charge on any atom is 0.313 e. The van der Waals surface area contributed by atoms with Crippen molar-refractivity contribution in [1.29, 1.82) is 0 Å². The fraction of sp³-hybridized carbons (Fsp3) is 0.429. The van der Waals surface area contributed by atoms with Crippen LogP contribution in [0.4, 0.5) is 0 Å². The van der Waals surface area contributed by atoms with Crippen LogP contribution in [0, 0.1) is 6.92 Å². The maximum absolute atomic E-state index is 10.8. The number of nitrogens with zero attached hydrogens (tertiary/aromatic N) is 2. The number of fused-ring (bicyclic) bond motifs is 1. The molecular formula is C14H18N2O3S. The van der Waals surface area contributed by atoms with E-state index in [2.05, 4.69) is 9.55 Å². The number of benzene rings is 1. The first kappa shape index (κ1) is 14.9. The SMILES string of the molecule is COCC(C)n1c(SCC(=O)O)nc2cccc(C)c21. The van der Waals surface area contributed by atoms with Gasteiger partial charge in [-0.2, -0.15) is 0 Å². The molecule has 0 fully saturated rings. The van der Waals surface area contributed by atoms with E-state index in [-0.39, 0.29) is 11.8 Å². The zero-order valence-electron chi connectivity index (χ0n) is 11.8. The van der Waals surface area contributed by atoms with Gasteiger partial charge in [-0.1, -0.05) is 23.9 Å². The van der Waals surface area contributed by atoms with Crippen LogP contribution in [0.2, 0.25) is 0 Å². The van der Waals surface area contributed by atoms with Gasteiger partial charge in [-0.15, -0.1) is 0 Å². The molecule has 1 aromatic heterocycles. The van der Waals surface area contributed by atoms with Gasteiger partial charge in [0.15, 0.2) is 5.16 Å². The lowest BCUT2D eigenvalue weighted by atomic mass is 10.2. The number of carbonyl (C=O) groups is 1. The second kappa shape index (κ2) is 6.28. The monoisotopic (exact) mass is 294 g/mol. The van der Waals surface area contributed by atoms with Crippen molar-refractivity contribution in [3.63, 3.8) is 0 Å². The highest BCUT2D eigenvalue weighted by atomic mass is 32.2. The maximum atomic E-state index is 10.8. The van der Waals surface area contributed by atoms with Gasteiger partial charge in [0.2, 0.25) is 0 Å². The number of methoxy groups -OCH3 is 1. The summed E-state index contributed by atoms with van der Waals surface area (Å²) in [7, 11) is 1.66. The standard InChI is InChI=1S/C14H18N2O3S/c1-9-5-4-6-11-13(9)16(10(2)7-19-3)14(15-11)20-8-12(17)18/h4-6,10H,7-8H2,1-3H3,(H,17,18). The van der Waals surface area contributed by atoms with Crippen molar-refractivity contribution >= 4 is 28.8 Å². The van der Waals surface area contributed by atoms with E-state index in [1.807, 2.05) is 32.0 Å². The Hall–Kier alpha value is -1.53. The Balaban J connectivity index is 2.51. The summed E-state index contributed by atoms with van der Waals surface area (Å²) in [6, 6.07) is 6.04. The van der Waals surface area contributed by atoms with Gasteiger partial charge < -0.3 is 14.4 Å². The molecule has 2 aromatic rings. The fourth-order valence-electron chi connectivity index (χ4n) is 2.25. The van der Waals surface area contributed by atoms with Crippen LogP contribution in [0.1, 0.15) is 18.5 Å². The second-order valence-electron chi connectivity index (χ2n) is 4.69. The molecule has 1 aromatic carbocycles. The molecule has 0 bridgehead atoms. The van der Waals surface area contributed by atoms with Gasteiger partial charge in [0.25, 0.3) is 0 Å². The van der Waals surface area contributed by atoms with Gasteiger partial charge in [-0.05, 0) is 25.5 Å². The largest absolute Gasteiger partial charge is 0.481 e. The summed E-state index contributed by atoms with van der Waals surface area (Å²) in [6.45, 7) is 4.63. The summed E-state index contributed by atoms with van der Waals surface area (Å²) in [5.74, 6) is -0.841. The molecule has 0 spiro atoms. The van der Waals surface area contributed by atoms with E-state index < -0.39 is 5.97 Å². The minimum absolute atomic E-state index is 0.00206. The smallest absolute Gasteiger partial charge is 0.313 e. The normalized spacial score (nSPS) is 12.8.